The molecule has 0 aliphatic rings. The lowest BCUT2D eigenvalue weighted by Gasteiger charge is -2.08. The highest BCUT2D eigenvalue weighted by Crippen LogP contribution is 2.21. The van der Waals surface area contributed by atoms with Crippen molar-refractivity contribution in [3.63, 3.8) is 0 Å². The molecule has 0 radical (unpaired) electrons. The zero-order chi connectivity index (χ0) is 20.8. The number of carbonyl (C=O) groups excluding carboxylic acids is 2. The van der Waals surface area contributed by atoms with E-state index in [2.05, 4.69) is 20.8 Å². The Hall–Kier alpha value is -3.26. The van der Waals surface area contributed by atoms with Gasteiger partial charge in [0.1, 0.15) is 5.82 Å². The Balaban J connectivity index is 1.52. The minimum atomic E-state index is -0.341. The zero-order valence-corrected chi connectivity index (χ0v) is 16.3. The van der Waals surface area contributed by atoms with E-state index in [1.807, 2.05) is 0 Å². The first-order valence-electron chi connectivity index (χ1n) is 8.86. The van der Waals surface area contributed by atoms with Crippen molar-refractivity contribution in [3.05, 3.63) is 64.8 Å². The Morgan fingerprint density at radius 3 is 2.66 bits per heavy atom. The van der Waals surface area contributed by atoms with E-state index in [1.54, 1.807) is 24.3 Å². The van der Waals surface area contributed by atoms with Crippen molar-refractivity contribution in [1.29, 1.82) is 0 Å². The second-order valence-corrected chi connectivity index (χ2v) is 6.60. The van der Waals surface area contributed by atoms with Gasteiger partial charge in [-0.15, -0.1) is 0 Å². The molecule has 7 nitrogen and oxygen atoms in total. The minimum absolute atomic E-state index is 0.214. The molecule has 0 atom stereocenters. The Bertz CT molecular complexity index is 1020. The van der Waals surface area contributed by atoms with Gasteiger partial charge in [0.05, 0.1) is 10.6 Å². The summed E-state index contributed by atoms with van der Waals surface area (Å²) in [6, 6.07) is 10.5. The molecular formula is C20H18ClFN4O3. The number of halogens is 2. The lowest BCUT2D eigenvalue weighted by molar-refractivity contribution is -0.116. The first kappa shape index (κ1) is 20.5. The number of nitrogens with zero attached hydrogens (tertiary/aromatic N) is 2. The molecule has 0 saturated heterocycles. The van der Waals surface area contributed by atoms with Gasteiger partial charge in [-0.2, -0.15) is 4.98 Å². The van der Waals surface area contributed by atoms with E-state index in [9.17, 15) is 14.0 Å². The first-order valence-corrected chi connectivity index (χ1v) is 9.24. The van der Waals surface area contributed by atoms with E-state index in [0.29, 0.717) is 40.8 Å². The third kappa shape index (κ3) is 5.39. The summed E-state index contributed by atoms with van der Waals surface area (Å²) in [5.74, 6) is -0.127. The van der Waals surface area contributed by atoms with Gasteiger partial charge in [-0.25, -0.2) is 4.39 Å². The third-order valence-corrected chi connectivity index (χ3v) is 4.42. The number of hydrogen-bond donors (Lipinski definition) is 2. The lowest BCUT2D eigenvalue weighted by atomic mass is 10.1. The largest absolute Gasteiger partial charge is 0.355 e. The van der Waals surface area contributed by atoms with Crippen LogP contribution in [0.3, 0.4) is 0 Å². The molecule has 29 heavy (non-hydrogen) atoms. The highest BCUT2D eigenvalue weighted by molar-refractivity contribution is 6.34. The molecular weight excluding hydrogens is 399 g/mol. The predicted octanol–water partition coefficient (Wildman–Crippen LogP) is 3.85. The standard InChI is InChI=1S/C20H18ClFN4O3/c1-23-20(28)15-11-14(9-10-16(15)21)24-17(27)3-2-4-18-25-19(26-29-18)12-5-7-13(22)8-6-12/h5-11H,2-4H2,1H3,(H,23,28)(H,24,27). The smallest absolute Gasteiger partial charge is 0.252 e. The van der Waals surface area contributed by atoms with E-state index < -0.39 is 0 Å². The van der Waals surface area contributed by atoms with Crippen molar-refractivity contribution in [2.75, 3.05) is 12.4 Å². The summed E-state index contributed by atoms with van der Waals surface area (Å²) < 4.78 is 18.1. The van der Waals surface area contributed by atoms with Crippen LogP contribution in [0.4, 0.5) is 10.1 Å². The molecule has 2 amide bonds. The van der Waals surface area contributed by atoms with Crippen molar-refractivity contribution in [2.45, 2.75) is 19.3 Å². The molecule has 0 aliphatic carbocycles. The fourth-order valence-corrected chi connectivity index (χ4v) is 2.81. The normalized spacial score (nSPS) is 10.6. The van der Waals surface area contributed by atoms with Crippen LogP contribution in [-0.2, 0) is 11.2 Å². The molecule has 0 bridgehead atoms. The first-order chi connectivity index (χ1) is 14.0. The maximum atomic E-state index is 13.0. The maximum Gasteiger partial charge on any atom is 0.252 e. The number of carbonyl (C=O) groups is 2. The summed E-state index contributed by atoms with van der Waals surface area (Å²) in [5, 5.41) is 9.39. The molecule has 0 saturated carbocycles. The Labute approximate surface area is 171 Å². The van der Waals surface area contributed by atoms with Crippen molar-refractivity contribution < 1.29 is 18.5 Å². The highest BCUT2D eigenvalue weighted by atomic mass is 35.5. The number of rotatable bonds is 7. The molecule has 2 aromatic carbocycles. The average Bonchev–Trinajstić information content (AvgIpc) is 3.18. The summed E-state index contributed by atoms with van der Waals surface area (Å²) in [5.41, 5.74) is 1.41. The molecule has 0 fully saturated rings. The van der Waals surface area contributed by atoms with Crippen LogP contribution < -0.4 is 10.6 Å². The second-order valence-electron chi connectivity index (χ2n) is 6.19. The van der Waals surface area contributed by atoms with E-state index in [1.165, 1.54) is 25.2 Å². The van der Waals surface area contributed by atoms with E-state index >= 15 is 0 Å². The summed E-state index contributed by atoms with van der Waals surface area (Å²) in [7, 11) is 1.50. The van der Waals surface area contributed by atoms with Gasteiger partial charge in [-0.1, -0.05) is 16.8 Å². The van der Waals surface area contributed by atoms with Gasteiger partial charge in [0.2, 0.25) is 17.6 Å². The van der Waals surface area contributed by atoms with Crippen LogP contribution in [0, 0.1) is 5.82 Å². The number of amides is 2. The lowest BCUT2D eigenvalue weighted by Crippen LogP contribution is -2.19. The van der Waals surface area contributed by atoms with Gasteiger partial charge in [0.25, 0.3) is 5.91 Å². The van der Waals surface area contributed by atoms with Crippen LogP contribution in [0.25, 0.3) is 11.4 Å². The van der Waals surface area contributed by atoms with Gasteiger partial charge in [-0.3, -0.25) is 9.59 Å². The minimum Gasteiger partial charge on any atom is -0.355 e. The molecule has 1 aromatic heterocycles. The Kier molecular flexibility index (Phi) is 6.56. The molecule has 0 unspecified atom stereocenters. The van der Waals surface area contributed by atoms with Crippen molar-refractivity contribution >= 4 is 29.1 Å². The fourth-order valence-electron chi connectivity index (χ4n) is 2.61. The number of aromatic nitrogens is 2. The van der Waals surface area contributed by atoms with Crippen molar-refractivity contribution in [1.82, 2.24) is 15.5 Å². The summed E-state index contributed by atoms with van der Waals surface area (Å²) in [4.78, 5) is 28.2. The van der Waals surface area contributed by atoms with Gasteiger partial charge in [0.15, 0.2) is 0 Å². The van der Waals surface area contributed by atoms with E-state index in [4.69, 9.17) is 16.1 Å². The number of benzene rings is 2. The van der Waals surface area contributed by atoms with Gasteiger partial charge >= 0.3 is 0 Å². The Morgan fingerprint density at radius 1 is 1.17 bits per heavy atom. The quantitative estimate of drug-likeness (QED) is 0.609. The number of hydrogen-bond acceptors (Lipinski definition) is 5. The molecule has 0 spiro atoms. The molecule has 3 aromatic rings. The molecule has 9 heteroatoms. The van der Waals surface area contributed by atoms with Crippen LogP contribution in [0.1, 0.15) is 29.1 Å². The van der Waals surface area contributed by atoms with Crippen molar-refractivity contribution in [3.8, 4) is 11.4 Å². The second kappa shape index (κ2) is 9.29. The van der Waals surface area contributed by atoms with Crippen LogP contribution in [0.2, 0.25) is 5.02 Å². The summed E-state index contributed by atoms with van der Waals surface area (Å²) >= 11 is 6.00. The molecule has 2 N–H and O–H groups in total. The molecule has 3 rings (SSSR count). The average molecular weight is 417 g/mol. The topological polar surface area (TPSA) is 97.1 Å². The molecule has 0 aliphatic heterocycles. The van der Waals surface area contributed by atoms with E-state index in [0.717, 1.165) is 0 Å². The van der Waals surface area contributed by atoms with Crippen LogP contribution in [0.15, 0.2) is 47.0 Å². The fraction of sp³-hybridized carbons (Fsp3) is 0.200. The molecule has 150 valence electrons. The van der Waals surface area contributed by atoms with Crippen molar-refractivity contribution in [2.24, 2.45) is 0 Å². The predicted molar refractivity (Wildman–Crippen MR) is 106 cm³/mol. The third-order valence-electron chi connectivity index (χ3n) is 4.09. The van der Waals surface area contributed by atoms with Crippen LogP contribution in [-0.4, -0.2) is 29.0 Å². The summed E-state index contributed by atoms with van der Waals surface area (Å²) in [6.45, 7) is 0. The monoisotopic (exact) mass is 416 g/mol. The Morgan fingerprint density at radius 2 is 1.93 bits per heavy atom. The number of anilines is 1. The molecule has 1 heterocycles. The zero-order valence-electron chi connectivity index (χ0n) is 15.5. The maximum absolute atomic E-state index is 13.0. The number of nitrogens with one attached hydrogen (secondary N) is 2. The SMILES string of the molecule is CNC(=O)c1cc(NC(=O)CCCc2nc(-c3ccc(F)cc3)no2)ccc1Cl. The van der Waals surface area contributed by atoms with E-state index in [-0.39, 0.29) is 29.6 Å². The van der Waals surface area contributed by atoms with Gasteiger partial charge < -0.3 is 15.2 Å². The van der Waals surface area contributed by atoms with Gasteiger partial charge in [-0.05, 0) is 48.9 Å². The van der Waals surface area contributed by atoms with Crippen LogP contribution in [0.5, 0.6) is 0 Å². The summed E-state index contributed by atoms with van der Waals surface area (Å²) in [6.07, 6.45) is 1.14. The number of aryl methyl sites for hydroxylation is 1. The highest BCUT2D eigenvalue weighted by Gasteiger charge is 2.12. The van der Waals surface area contributed by atoms with Crippen LogP contribution >= 0.6 is 11.6 Å². The van der Waals surface area contributed by atoms with Gasteiger partial charge in [0, 0.05) is 31.1 Å².